The molecule has 2 aliphatic carbocycles. The average molecular weight is 492 g/mol. The number of ether oxygens (including phenoxy) is 1. The van der Waals surface area contributed by atoms with Gasteiger partial charge in [-0.15, -0.1) is 13.2 Å². The summed E-state index contributed by atoms with van der Waals surface area (Å²) in [7, 11) is 1.54. The van der Waals surface area contributed by atoms with E-state index in [-0.39, 0.29) is 30.1 Å². The second-order valence-electron chi connectivity index (χ2n) is 10.7. The number of hydrogen-bond donors (Lipinski definition) is 2. The number of carbonyl (C=O) groups is 3. The number of hydrogen-bond acceptors (Lipinski definition) is 5. The molecule has 0 heterocycles. The van der Waals surface area contributed by atoms with Crippen LogP contribution in [0.15, 0.2) is 72.6 Å². The lowest BCUT2D eigenvalue weighted by molar-refractivity contribution is -0.171. The van der Waals surface area contributed by atoms with Crippen LogP contribution in [0.2, 0.25) is 0 Å². The Kier molecular flexibility index (Phi) is 7.49. The molecule has 0 aliphatic heterocycles. The summed E-state index contributed by atoms with van der Waals surface area (Å²) in [5, 5.41) is 14.3. The SMILES string of the molecule is C=CC[C@@]12C[C@@H](CC=C(C)C)C(C)(C)[C@@](CC=C)(C(=O)C(C(=O)Nc3ccc(OC)cc3)=C1O)C2=O. The molecule has 1 amide bonds. The van der Waals surface area contributed by atoms with Gasteiger partial charge in [0.2, 0.25) is 0 Å². The lowest BCUT2D eigenvalue weighted by Gasteiger charge is -2.60. The molecule has 2 N–H and O–H groups in total. The number of ketones is 2. The highest BCUT2D eigenvalue weighted by Gasteiger charge is 2.72. The second kappa shape index (κ2) is 9.92. The molecule has 0 spiro atoms. The summed E-state index contributed by atoms with van der Waals surface area (Å²) < 4.78 is 5.16. The van der Waals surface area contributed by atoms with Crippen molar-refractivity contribution < 1.29 is 24.2 Å². The van der Waals surface area contributed by atoms with Gasteiger partial charge in [-0.3, -0.25) is 14.4 Å². The fourth-order valence-electron chi connectivity index (χ4n) is 6.00. The van der Waals surface area contributed by atoms with E-state index in [2.05, 4.69) is 24.6 Å². The van der Waals surface area contributed by atoms with Gasteiger partial charge in [-0.05, 0) is 75.1 Å². The molecule has 2 bridgehead atoms. The van der Waals surface area contributed by atoms with Crippen molar-refractivity contribution in [3.63, 3.8) is 0 Å². The molecule has 6 heteroatoms. The van der Waals surface area contributed by atoms with Crippen LogP contribution in [0.1, 0.15) is 53.4 Å². The number of anilines is 1. The molecule has 36 heavy (non-hydrogen) atoms. The van der Waals surface area contributed by atoms with Crippen LogP contribution in [0.25, 0.3) is 0 Å². The van der Waals surface area contributed by atoms with Crippen molar-refractivity contribution in [3.8, 4) is 5.75 Å². The van der Waals surface area contributed by atoms with Gasteiger partial charge in [0, 0.05) is 5.69 Å². The first-order valence-corrected chi connectivity index (χ1v) is 12.3. The molecule has 6 nitrogen and oxygen atoms in total. The van der Waals surface area contributed by atoms with Gasteiger partial charge in [0.1, 0.15) is 22.5 Å². The Morgan fingerprint density at radius 2 is 1.75 bits per heavy atom. The first-order valence-electron chi connectivity index (χ1n) is 12.3. The van der Waals surface area contributed by atoms with Crippen LogP contribution in [-0.2, 0) is 14.4 Å². The van der Waals surface area contributed by atoms with Gasteiger partial charge in [-0.25, -0.2) is 0 Å². The summed E-state index contributed by atoms with van der Waals surface area (Å²) >= 11 is 0. The van der Waals surface area contributed by atoms with E-state index >= 15 is 0 Å². The molecule has 3 rings (SSSR count). The maximum absolute atomic E-state index is 14.3. The minimum Gasteiger partial charge on any atom is -0.510 e. The number of Topliss-reactive ketones (excluding diaryl/α,β-unsaturated/α-hetero) is 2. The average Bonchev–Trinajstić information content (AvgIpc) is 2.82. The summed E-state index contributed by atoms with van der Waals surface area (Å²) in [4.78, 5) is 42.0. The molecular formula is C30H37NO5. The van der Waals surface area contributed by atoms with Crippen molar-refractivity contribution in [2.45, 2.75) is 53.4 Å². The molecule has 0 radical (unpaired) electrons. The third-order valence-electron chi connectivity index (χ3n) is 8.17. The van der Waals surface area contributed by atoms with Crippen LogP contribution in [0.4, 0.5) is 5.69 Å². The van der Waals surface area contributed by atoms with Crippen LogP contribution < -0.4 is 10.1 Å². The minimum atomic E-state index is -1.53. The van der Waals surface area contributed by atoms with Gasteiger partial charge < -0.3 is 15.2 Å². The van der Waals surface area contributed by atoms with Gasteiger partial charge in [-0.1, -0.05) is 37.6 Å². The zero-order valence-corrected chi connectivity index (χ0v) is 21.9. The van der Waals surface area contributed by atoms with E-state index in [0.717, 1.165) is 5.57 Å². The minimum absolute atomic E-state index is 0.0779. The number of fused-ring (bicyclic) bond motifs is 2. The van der Waals surface area contributed by atoms with Crippen molar-refractivity contribution in [3.05, 3.63) is 72.6 Å². The second-order valence-corrected chi connectivity index (χ2v) is 10.7. The molecule has 1 saturated carbocycles. The number of aliphatic hydroxyl groups excluding tert-OH is 1. The van der Waals surface area contributed by atoms with Crippen molar-refractivity contribution >= 4 is 23.2 Å². The topological polar surface area (TPSA) is 92.7 Å². The zero-order chi connectivity index (χ0) is 26.9. The van der Waals surface area contributed by atoms with E-state index in [9.17, 15) is 19.5 Å². The highest BCUT2D eigenvalue weighted by molar-refractivity contribution is 6.33. The number of carbonyl (C=O) groups excluding carboxylic acids is 3. The van der Waals surface area contributed by atoms with Crippen LogP contribution in [0, 0.1) is 22.2 Å². The van der Waals surface area contributed by atoms with E-state index in [1.54, 1.807) is 36.4 Å². The van der Waals surface area contributed by atoms with Gasteiger partial charge >= 0.3 is 0 Å². The lowest BCUT2D eigenvalue weighted by Crippen LogP contribution is -2.67. The standard InChI is InChI=1S/C30H37NO5/c1-8-16-29-18-20(11-10-19(3)4)28(5,6)30(17-9-2,27(29)35)25(33)23(24(29)32)26(34)31-21-12-14-22(36-7)15-13-21/h8-10,12-15,20,32H,1-2,11,16-18H2,3-7H3,(H,31,34)/t20-,29-,30+/m1/s1. The van der Waals surface area contributed by atoms with Crippen LogP contribution in [0.5, 0.6) is 5.75 Å². The molecule has 0 unspecified atom stereocenters. The van der Waals surface area contributed by atoms with E-state index in [0.29, 0.717) is 24.3 Å². The molecule has 0 aromatic heterocycles. The predicted molar refractivity (Wildman–Crippen MR) is 142 cm³/mol. The Balaban J connectivity index is 2.23. The highest BCUT2D eigenvalue weighted by Crippen LogP contribution is 2.66. The number of methoxy groups -OCH3 is 1. The highest BCUT2D eigenvalue weighted by atomic mass is 16.5. The van der Waals surface area contributed by atoms with Crippen LogP contribution >= 0.6 is 0 Å². The van der Waals surface area contributed by atoms with Crippen molar-refractivity contribution in [2.75, 3.05) is 12.4 Å². The first kappa shape index (κ1) is 27.2. The monoisotopic (exact) mass is 491 g/mol. The van der Waals surface area contributed by atoms with Crippen molar-refractivity contribution in [1.82, 2.24) is 0 Å². The number of benzene rings is 1. The summed E-state index contributed by atoms with van der Waals surface area (Å²) in [6, 6.07) is 6.65. The summed E-state index contributed by atoms with van der Waals surface area (Å²) in [6.45, 7) is 15.5. The number of rotatable bonds is 9. The summed E-state index contributed by atoms with van der Waals surface area (Å²) in [5.41, 5.74) is -2.52. The summed E-state index contributed by atoms with van der Waals surface area (Å²) in [5.74, 6) is -1.68. The van der Waals surface area contributed by atoms with E-state index < -0.39 is 33.7 Å². The Bertz CT molecular complexity index is 1150. The Labute approximate surface area is 213 Å². The fraction of sp³-hybridized carbons (Fsp3) is 0.433. The number of amides is 1. The van der Waals surface area contributed by atoms with E-state index in [1.165, 1.54) is 7.11 Å². The molecule has 3 atom stereocenters. The van der Waals surface area contributed by atoms with Crippen molar-refractivity contribution in [2.24, 2.45) is 22.2 Å². The van der Waals surface area contributed by atoms with Gasteiger partial charge in [0.05, 0.1) is 12.5 Å². The largest absolute Gasteiger partial charge is 0.510 e. The molecule has 2 aliphatic rings. The Morgan fingerprint density at radius 3 is 2.28 bits per heavy atom. The lowest BCUT2D eigenvalue weighted by atomic mass is 9.40. The van der Waals surface area contributed by atoms with Gasteiger partial charge in [0.25, 0.3) is 5.91 Å². The smallest absolute Gasteiger partial charge is 0.262 e. The number of aliphatic hydroxyl groups is 1. The van der Waals surface area contributed by atoms with Crippen LogP contribution in [-0.4, -0.2) is 29.7 Å². The van der Waals surface area contributed by atoms with Crippen LogP contribution in [0.3, 0.4) is 0 Å². The molecular weight excluding hydrogens is 454 g/mol. The third-order valence-corrected chi connectivity index (χ3v) is 8.17. The third kappa shape index (κ3) is 4.02. The molecule has 1 aromatic carbocycles. The molecule has 192 valence electrons. The first-order chi connectivity index (χ1) is 16.9. The van der Waals surface area contributed by atoms with Crippen molar-refractivity contribution in [1.29, 1.82) is 0 Å². The Hall–Kier alpha value is -3.41. The van der Waals surface area contributed by atoms with E-state index in [4.69, 9.17) is 4.74 Å². The normalized spacial score (nSPS) is 26.8. The maximum atomic E-state index is 14.3. The molecule has 1 fully saturated rings. The molecule has 0 saturated heterocycles. The summed E-state index contributed by atoms with van der Waals surface area (Å²) in [6.07, 6.45) is 6.42. The zero-order valence-electron chi connectivity index (χ0n) is 21.9. The van der Waals surface area contributed by atoms with E-state index in [1.807, 2.05) is 27.7 Å². The van der Waals surface area contributed by atoms with Gasteiger partial charge in [0.15, 0.2) is 11.6 Å². The Morgan fingerprint density at radius 1 is 1.14 bits per heavy atom. The quantitative estimate of drug-likeness (QED) is 0.246. The number of nitrogens with one attached hydrogen (secondary N) is 1. The van der Waals surface area contributed by atoms with Gasteiger partial charge in [-0.2, -0.15) is 0 Å². The predicted octanol–water partition coefficient (Wildman–Crippen LogP) is 6.13. The fourth-order valence-corrected chi connectivity index (χ4v) is 6.00. The maximum Gasteiger partial charge on any atom is 0.262 e. The molecule has 1 aromatic rings. The number of allylic oxidation sites excluding steroid dienone is 5.